The first-order valence-electron chi connectivity index (χ1n) is 11.5. The molecule has 8 nitrogen and oxygen atoms in total. The van der Waals surface area contributed by atoms with Crippen molar-refractivity contribution in [1.29, 1.82) is 0 Å². The van der Waals surface area contributed by atoms with Crippen molar-refractivity contribution in [3.8, 4) is 11.4 Å². The van der Waals surface area contributed by atoms with Gasteiger partial charge in [0, 0.05) is 37.3 Å². The van der Waals surface area contributed by atoms with Gasteiger partial charge < -0.3 is 19.3 Å². The third-order valence-electron chi connectivity index (χ3n) is 6.52. The van der Waals surface area contributed by atoms with E-state index in [9.17, 15) is 4.79 Å². The van der Waals surface area contributed by atoms with Gasteiger partial charge in [-0.25, -0.2) is 4.98 Å². The summed E-state index contributed by atoms with van der Waals surface area (Å²) in [5, 5.41) is 6.51. The number of nitrogens with one attached hydrogen (secondary N) is 1. The van der Waals surface area contributed by atoms with Crippen LogP contribution in [0.2, 0.25) is 0 Å². The zero-order valence-electron chi connectivity index (χ0n) is 19.5. The van der Waals surface area contributed by atoms with E-state index in [2.05, 4.69) is 27.3 Å². The van der Waals surface area contributed by atoms with Crippen LogP contribution in [-0.2, 0) is 13.0 Å². The molecule has 1 aliphatic heterocycles. The zero-order chi connectivity index (χ0) is 23.9. The summed E-state index contributed by atoms with van der Waals surface area (Å²) in [6.07, 6.45) is 2.16. The van der Waals surface area contributed by atoms with Crippen molar-refractivity contribution in [2.45, 2.75) is 19.0 Å². The maximum atomic E-state index is 13.6. The summed E-state index contributed by atoms with van der Waals surface area (Å²) >= 11 is 0. The number of aromatic amines is 1. The second-order valence-electron chi connectivity index (χ2n) is 8.94. The maximum Gasteiger partial charge on any atom is 0.254 e. The normalized spacial score (nSPS) is 15.3. The van der Waals surface area contributed by atoms with E-state index in [1.165, 1.54) is 0 Å². The van der Waals surface area contributed by atoms with Crippen LogP contribution >= 0.6 is 0 Å². The smallest absolute Gasteiger partial charge is 0.254 e. The van der Waals surface area contributed by atoms with Crippen molar-refractivity contribution < 1.29 is 9.32 Å². The number of H-pyrrole nitrogens is 1. The fourth-order valence-electron chi connectivity index (χ4n) is 4.55. The van der Waals surface area contributed by atoms with E-state index in [0.717, 1.165) is 33.4 Å². The van der Waals surface area contributed by atoms with Crippen LogP contribution in [0.1, 0.15) is 33.7 Å². The average molecular weight is 465 g/mol. The molecule has 0 spiro atoms. The predicted octanol–water partition coefficient (Wildman–Crippen LogP) is 4.62. The summed E-state index contributed by atoms with van der Waals surface area (Å²) in [6.45, 7) is 0.391. The van der Waals surface area contributed by atoms with Gasteiger partial charge in [0.1, 0.15) is 6.04 Å². The molecule has 0 aliphatic carbocycles. The molecule has 6 rings (SSSR count). The van der Waals surface area contributed by atoms with Crippen LogP contribution in [0.4, 0.5) is 5.69 Å². The number of imidazole rings is 1. The number of amides is 1. The van der Waals surface area contributed by atoms with Gasteiger partial charge in [-0.3, -0.25) is 4.79 Å². The van der Waals surface area contributed by atoms with Gasteiger partial charge in [0.25, 0.3) is 5.91 Å². The molecule has 0 saturated carbocycles. The Hall–Kier alpha value is -4.46. The van der Waals surface area contributed by atoms with E-state index in [1.807, 2.05) is 73.6 Å². The largest absolute Gasteiger partial charge is 0.378 e. The molecule has 174 valence electrons. The van der Waals surface area contributed by atoms with E-state index in [0.29, 0.717) is 30.2 Å². The number of nitrogens with zero attached hydrogens (tertiary/aromatic N) is 5. The molecule has 0 radical (unpaired) electrons. The van der Waals surface area contributed by atoms with Crippen molar-refractivity contribution in [2.24, 2.45) is 0 Å². The second kappa shape index (κ2) is 8.39. The highest BCUT2D eigenvalue weighted by Gasteiger charge is 2.36. The van der Waals surface area contributed by atoms with Gasteiger partial charge >= 0.3 is 0 Å². The monoisotopic (exact) mass is 464 g/mol. The maximum absolute atomic E-state index is 13.6. The molecule has 5 aromatic rings. The highest BCUT2D eigenvalue weighted by molar-refractivity contribution is 5.95. The number of benzene rings is 3. The first-order valence-corrected chi connectivity index (χ1v) is 11.5. The number of carbonyl (C=O) groups excluding carboxylic acids is 1. The molecular weight excluding hydrogens is 440 g/mol. The third-order valence-corrected chi connectivity index (χ3v) is 6.52. The Balaban J connectivity index is 1.34. The Bertz CT molecular complexity index is 1520. The van der Waals surface area contributed by atoms with Gasteiger partial charge in [0.15, 0.2) is 0 Å². The minimum atomic E-state index is -0.409. The van der Waals surface area contributed by atoms with Gasteiger partial charge in [-0.1, -0.05) is 41.6 Å². The lowest BCUT2D eigenvalue weighted by Gasteiger charge is -2.33. The molecular formula is C27H24N6O2. The van der Waals surface area contributed by atoms with Crippen LogP contribution in [0.3, 0.4) is 0 Å². The van der Waals surface area contributed by atoms with Crippen molar-refractivity contribution in [3.05, 3.63) is 95.9 Å². The molecule has 3 heterocycles. The zero-order valence-corrected chi connectivity index (χ0v) is 19.5. The number of carbonyl (C=O) groups is 1. The van der Waals surface area contributed by atoms with Crippen LogP contribution in [0, 0.1) is 0 Å². The lowest BCUT2D eigenvalue weighted by atomic mass is 10.0. The van der Waals surface area contributed by atoms with Crippen LogP contribution in [0.15, 0.2) is 77.6 Å². The molecule has 1 atom stereocenters. The SMILES string of the molecule is CN(C)c1ccc(C(=O)N2Cc3[nH]cnc3C[C@H]2c2nc(-c3ccc4ccccc4c3)no2)cc1. The van der Waals surface area contributed by atoms with E-state index < -0.39 is 6.04 Å². The van der Waals surface area contributed by atoms with E-state index in [1.54, 1.807) is 11.2 Å². The van der Waals surface area contributed by atoms with Crippen molar-refractivity contribution in [3.63, 3.8) is 0 Å². The average Bonchev–Trinajstić information content (AvgIpc) is 3.57. The molecule has 2 aromatic heterocycles. The molecule has 8 heteroatoms. The number of hydrogen-bond acceptors (Lipinski definition) is 6. The Kier molecular flexibility index (Phi) is 5.06. The van der Waals surface area contributed by atoms with Crippen LogP contribution in [-0.4, -0.2) is 45.0 Å². The summed E-state index contributed by atoms with van der Waals surface area (Å²) in [6, 6.07) is 21.4. The lowest BCUT2D eigenvalue weighted by molar-refractivity contribution is 0.0590. The molecule has 1 N–H and O–H groups in total. The third kappa shape index (κ3) is 3.82. The van der Waals surface area contributed by atoms with Crippen LogP contribution in [0.25, 0.3) is 22.2 Å². The minimum Gasteiger partial charge on any atom is -0.378 e. The van der Waals surface area contributed by atoms with Gasteiger partial charge in [-0.2, -0.15) is 4.98 Å². The minimum absolute atomic E-state index is 0.0917. The summed E-state index contributed by atoms with van der Waals surface area (Å²) in [4.78, 5) is 29.7. The van der Waals surface area contributed by atoms with Crippen LogP contribution in [0.5, 0.6) is 0 Å². The van der Waals surface area contributed by atoms with Gasteiger partial charge in [-0.15, -0.1) is 0 Å². The molecule has 0 saturated heterocycles. The molecule has 1 aliphatic rings. The number of rotatable bonds is 4. The molecule has 0 unspecified atom stereocenters. The molecule has 35 heavy (non-hydrogen) atoms. The Labute approximate surface area is 202 Å². The van der Waals surface area contributed by atoms with Gasteiger partial charge in [-0.05, 0) is 41.1 Å². The summed E-state index contributed by atoms with van der Waals surface area (Å²) in [7, 11) is 3.94. The van der Waals surface area contributed by atoms with Crippen molar-refractivity contribution >= 4 is 22.4 Å². The number of aromatic nitrogens is 4. The standard InChI is InChI=1S/C27H24N6O2/c1-32(2)21-11-9-18(10-12-21)27(34)33-15-23-22(28-16-29-23)14-24(33)26-30-25(31-35-26)20-8-7-17-5-3-4-6-19(17)13-20/h3-13,16,24H,14-15H2,1-2H3,(H,28,29)/t24-/m0/s1. The Morgan fingerprint density at radius 2 is 1.86 bits per heavy atom. The van der Waals surface area contributed by atoms with Gasteiger partial charge in [0.2, 0.25) is 11.7 Å². The summed E-state index contributed by atoms with van der Waals surface area (Å²) in [5.74, 6) is 0.812. The lowest BCUT2D eigenvalue weighted by Crippen LogP contribution is -2.39. The number of anilines is 1. The highest BCUT2D eigenvalue weighted by atomic mass is 16.5. The van der Waals surface area contributed by atoms with E-state index in [4.69, 9.17) is 9.51 Å². The quantitative estimate of drug-likeness (QED) is 0.417. The van der Waals surface area contributed by atoms with E-state index in [-0.39, 0.29) is 5.91 Å². The fourth-order valence-corrected chi connectivity index (χ4v) is 4.55. The number of fused-ring (bicyclic) bond motifs is 2. The van der Waals surface area contributed by atoms with E-state index >= 15 is 0 Å². The van der Waals surface area contributed by atoms with Gasteiger partial charge in [0.05, 0.1) is 24.3 Å². The predicted molar refractivity (Wildman–Crippen MR) is 133 cm³/mol. The first-order chi connectivity index (χ1) is 17.1. The molecule has 0 bridgehead atoms. The molecule has 0 fully saturated rings. The van der Waals surface area contributed by atoms with Crippen LogP contribution < -0.4 is 4.90 Å². The first kappa shape index (κ1) is 21.1. The highest BCUT2D eigenvalue weighted by Crippen LogP contribution is 2.34. The Morgan fingerprint density at radius 3 is 2.66 bits per heavy atom. The van der Waals surface area contributed by atoms with Crippen molar-refractivity contribution in [1.82, 2.24) is 25.0 Å². The van der Waals surface area contributed by atoms with Crippen molar-refractivity contribution in [2.75, 3.05) is 19.0 Å². The summed E-state index contributed by atoms with van der Waals surface area (Å²) in [5.41, 5.74) is 4.34. The topological polar surface area (TPSA) is 91.2 Å². The second-order valence-corrected chi connectivity index (χ2v) is 8.94. The molecule has 3 aromatic carbocycles. The molecule has 1 amide bonds. The summed E-state index contributed by atoms with van der Waals surface area (Å²) < 4.78 is 5.73. The fraction of sp³-hybridized carbons (Fsp3) is 0.185. The Morgan fingerprint density at radius 1 is 1.06 bits per heavy atom. The number of hydrogen-bond donors (Lipinski definition) is 1.